The lowest BCUT2D eigenvalue weighted by Crippen LogP contribution is -2.61. The lowest BCUT2D eigenvalue weighted by molar-refractivity contribution is -0.0626. The first-order valence-corrected chi connectivity index (χ1v) is 7.16. The van der Waals surface area contributed by atoms with Gasteiger partial charge < -0.3 is 4.74 Å². The minimum atomic E-state index is 0.326. The Bertz CT molecular complexity index is 210. The molecule has 0 aromatic carbocycles. The van der Waals surface area contributed by atoms with Crippen molar-refractivity contribution in [2.75, 3.05) is 31.2 Å². The summed E-state index contributed by atoms with van der Waals surface area (Å²) in [6, 6.07) is 0. The van der Waals surface area contributed by atoms with Gasteiger partial charge in [-0.3, -0.25) is 4.90 Å². The Morgan fingerprint density at radius 2 is 1.80 bits per heavy atom. The molecule has 0 aliphatic carbocycles. The van der Waals surface area contributed by atoms with Gasteiger partial charge in [0.15, 0.2) is 0 Å². The summed E-state index contributed by atoms with van der Waals surface area (Å²) < 4.78 is 6.49. The normalized spacial score (nSPS) is 20.4. The zero-order chi connectivity index (χ0) is 11.7. The van der Waals surface area contributed by atoms with Gasteiger partial charge in [0, 0.05) is 30.2 Å². The van der Waals surface area contributed by atoms with Crippen LogP contribution < -0.4 is 0 Å². The number of halogens is 1. The Morgan fingerprint density at radius 1 is 1.27 bits per heavy atom. The first-order chi connectivity index (χ1) is 6.83. The zero-order valence-corrected chi connectivity index (χ0v) is 12.8. The molecule has 0 spiro atoms. The number of hydrogen-bond acceptors (Lipinski definition) is 2. The quantitative estimate of drug-likeness (QED) is 0.569. The minimum absolute atomic E-state index is 0.326. The van der Waals surface area contributed by atoms with Crippen molar-refractivity contribution in [2.45, 2.75) is 33.2 Å². The standard InChI is InChI=1S/C12H24INO/c1-11(2,9-15-5)10-6-14(7-10)12(3,4)8-13/h10H,6-9H2,1-5H3. The highest BCUT2D eigenvalue weighted by molar-refractivity contribution is 14.1. The average molecular weight is 325 g/mol. The van der Waals surface area contributed by atoms with Gasteiger partial charge in [0.1, 0.15) is 0 Å². The van der Waals surface area contributed by atoms with Gasteiger partial charge in [0.05, 0.1) is 6.61 Å². The maximum Gasteiger partial charge on any atom is 0.0516 e. The first-order valence-electron chi connectivity index (χ1n) is 5.63. The largest absolute Gasteiger partial charge is 0.384 e. The maximum absolute atomic E-state index is 5.29. The van der Waals surface area contributed by atoms with Crippen LogP contribution in [0.1, 0.15) is 27.7 Å². The van der Waals surface area contributed by atoms with Crippen LogP contribution in [0.2, 0.25) is 0 Å². The van der Waals surface area contributed by atoms with E-state index in [1.807, 2.05) is 0 Å². The lowest BCUT2D eigenvalue weighted by atomic mass is 9.73. The van der Waals surface area contributed by atoms with Gasteiger partial charge in [0.2, 0.25) is 0 Å². The van der Waals surface area contributed by atoms with E-state index in [1.54, 1.807) is 7.11 Å². The predicted octanol–water partition coefficient (Wildman–Crippen LogP) is 2.80. The third-order valence-electron chi connectivity index (χ3n) is 3.69. The number of methoxy groups -OCH3 is 1. The van der Waals surface area contributed by atoms with E-state index in [0.717, 1.165) is 12.5 Å². The number of nitrogens with zero attached hydrogens (tertiary/aromatic N) is 1. The van der Waals surface area contributed by atoms with Gasteiger partial charge in [-0.2, -0.15) is 0 Å². The van der Waals surface area contributed by atoms with Crippen LogP contribution in [0, 0.1) is 11.3 Å². The van der Waals surface area contributed by atoms with E-state index in [9.17, 15) is 0 Å². The molecule has 2 nitrogen and oxygen atoms in total. The summed E-state index contributed by atoms with van der Waals surface area (Å²) in [6.07, 6.45) is 0. The van der Waals surface area contributed by atoms with Crippen molar-refractivity contribution in [2.24, 2.45) is 11.3 Å². The summed E-state index contributed by atoms with van der Waals surface area (Å²) in [4.78, 5) is 2.58. The van der Waals surface area contributed by atoms with Crippen LogP contribution in [-0.2, 0) is 4.74 Å². The molecule has 1 rings (SSSR count). The second kappa shape index (κ2) is 4.88. The van der Waals surface area contributed by atoms with Crippen LogP contribution in [0.4, 0.5) is 0 Å². The first kappa shape index (κ1) is 13.7. The third kappa shape index (κ3) is 3.07. The van der Waals surface area contributed by atoms with Crippen LogP contribution >= 0.6 is 22.6 Å². The van der Waals surface area contributed by atoms with E-state index >= 15 is 0 Å². The molecule has 15 heavy (non-hydrogen) atoms. The molecule has 0 amide bonds. The molecule has 1 heterocycles. The van der Waals surface area contributed by atoms with Gasteiger partial charge in [-0.25, -0.2) is 0 Å². The van der Waals surface area contributed by atoms with Gasteiger partial charge in [-0.15, -0.1) is 0 Å². The molecular weight excluding hydrogens is 301 g/mol. The molecule has 3 heteroatoms. The second-order valence-electron chi connectivity index (χ2n) is 5.97. The molecule has 0 radical (unpaired) electrons. The summed E-state index contributed by atoms with van der Waals surface area (Å²) in [5, 5.41) is 0. The predicted molar refractivity (Wildman–Crippen MR) is 73.7 cm³/mol. The Kier molecular flexibility index (Phi) is 4.46. The second-order valence-corrected chi connectivity index (χ2v) is 6.73. The number of hydrogen-bond donors (Lipinski definition) is 0. The van der Waals surface area contributed by atoms with Crippen LogP contribution in [0.5, 0.6) is 0 Å². The van der Waals surface area contributed by atoms with Crippen molar-refractivity contribution < 1.29 is 4.74 Å². The van der Waals surface area contributed by atoms with Crippen molar-refractivity contribution >= 4 is 22.6 Å². The summed E-state index contributed by atoms with van der Waals surface area (Å²) in [6.45, 7) is 12.6. The monoisotopic (exact) mass is 325 g/mol. The molecule has 1 aliphatic heterocycles. The summed E-state index contributed by atoms with van der Waals surface area (Å²) in [5.74, 6) is 0.791. The highest BCUT2D eigenvalue weighted by Crippen LogP contribution is 2.38. The summed E-state index contributed by atoms with van der Waals surface area (Å²) in [5.41, 5.74) is 0.687. The van der Waals surface area contributed by atoms with Gasteiger partial charge in [-0.1, -0.05) is 36.4 Å². The van der Waals surface area contributed by atoms with Crippen molar-refractivity contribution in [1.29, 1.82) is 0 Å². The van der Waals surface area contributed by atoms with Crippen LogP contribution in [0.25, 0.3) is 0 Å². The van der Waals surface area contributed by atoms with Gasteiger partial charge >= 0.3 is 0 Å². The fourth-order valence-corrected chi connectivity index (χ4v) is 2.52. The Balaban J connectivity index is 2.43. The van der Waals surface area contributed by atoms with E-state index in [0.29, 0.717) is 11.0 Å². The Morgan fingerprint density at radius 3 is 2.20 bits per heavy atom. The molecule has 0 saturated carbocycles. The van der Waals surface area contributed by atoms with Crippen LogP contribution in [0.3, 0.4) is 0 Å². The Labute approximate surface area is 108 Å². The SMILES string of the molecule is COCC(C)(C)C1CN(C(C)(C)CI)C1. The molecule has 0 aromatic rings. The fourth-order valence-electron chi connectivity index (χ4n) is 2.04. The highest BCUT2D eigenvalue weighted by Gasteiger charge is 2.43. The molecule has 0 bridgehead atoms. The highest BCUT2D eigenvalue weighted by atomic mass is 127. The van der Waals surface area contributed by atoms with E-state index in [2.05, 4.69) is 55.2 Å². The van der Waals surface area contributed by atoms with E-state index in [1.165, 1.54) is 17.5 Å². The molecule has 1 aliphatic rings. The maximum atomic E-state index is 5.29. The molecular formula is C12H24INO. The van der Waals surface area contributed by atoms with E-state index < -0.39 is 0 Å². The molecule has 0 N–H and O–H groups in total. The van der Waals surface area contributed by atoms with Crippen LogP contribution in [0.15, 0.2) is 0 Å². The summed E-state index contributed by atoms with van der Waals surface area (Å²) >= 11 is 2.48. The van der Waals surface area contributed by atoms with Crippen molar-refractivity contribution in [3.8, 4) is 0 Å². The molecule has 1 saturated heterocycles. The molecule has 90 valence electrons. The number of ether oxygens (including phenoxy) is 1. The van der Waals surface area contributed by atoms with E-state index in [-0.39, 0.29) is 0 Å². The van der Waals surface area contributed by atoms with Gasteiger partial charge in [0.25, 0.3) is 0 Å². The Hall–Kier alpha value is 0.650. The number of alkyl halides is 1. The topological polar surface area (TPSA) is 12.5 Å². The molecule has 0 aromatic heterocycles. The van der Waals surface area contributed by atoms with Crippen LogP contribution in [-0.4, -0.2) is 41.7 Å². The van der Waals surface area contributed by atoms with E-state index in [4.69, 9.17) is 4.74 Å². The molecule has 0 atom stereocenters. The average Bonchev–Trinajstić information content (AvgIpc) is 1.99. The smallest absolute Gasteiger partial charge is 0.0516 e. The third-order valence-corrected chi connectivity index (χ3v) is 5.55. The number of rotatable bonds is 5. The van der Waals surface area contributed by atoms with Gasteiger partial charge in [-0.05, 0) is 25.2 Å². The zero-order valence-electron chi connectivity index (χ0n) is 10.6. The molecule has 1 fully saturated rings. The van der Waals surface area contributed by atoms with Crippen molar-refractivity contribution in [3.05, 3.63) is 0 Å². The fraction of sp³-hybridized carbons (Fsp3) is 1.00. The minimum Gasteiger partial charge on any atom is -0.384 e. The molecule has 0 unspecified atom stereocenters. The number of likely N-dealkylation sites (tertiary alicyclic amines) is 1. The van der Waals surface area contributed by atoms with Crippen molar-refractivity contribution in [3.63, 3.8) is 0 Å². The summed E-state index contributed by atoms with van der Waals surface area (Å²) in [7, 11) is 1.80. The lowest BCUT2D eigenvalue weighted by Gasteiger charge is -2.53. The van der Waals surface area contributed by atoms with Crippen molar-refractivity contribution in [1.82, 2.24) is 4.90 Å².